The number of aliphatic carboxylic acids is 1. The highest BCUT2D eigenvalue weighted by atomic mass is 35.5. The first-order valence-corrected chi connectivity index (χ1v) is 4.96. The van der Waals surface area contributed by atoms with Gasteiger partial charge in [0.05, 0.1) is 0 Å². The molecule has 0 saturated carbocycles. The molecule has 0 spiro atoms. The van der Waals surface area contributed by atoms with Gasteiger partial charge in [-0.05, 0) is 19.3 Å². The van der Waals surface area contributed by atoms with Crippen LogP contribution in [-0.4, -0.2) is 16.5 Å². The van der Waals surface area contributed by atoms with Crippen LogP contribution in [-0.2, 0) is 4.79 Å². The second-order valence-electron chi connectivity index (χ2n) is 3.03. The van der Waals surface area contributed by atoms with Gasteiger partial charge in [-0.25, -0.2) is 0 Å². The second kappa shape index (κ2) is 7.41. The molecule has 0 rings (SSSR count). The lowest BCUT2D eigenvalue weighted by atomic mass is 10.1. The van der Waals surface area contributed by atoms with Crippen LogP contribution in [0.3, 0.4) is 0 Å². The maximum Gasteiger partial charge on any atom is 0.303 e. The molecular weight excluding hydrogens is 176 g/mol. The van der Waals surface area contributed by atoms with Crippen molar-refractivity contribution in [1.29, 1.82) is 0 Å². The minimum absolute atomic E-state index is 0.240. The standard InChI is InChI=1S/C9H17ClO2/c1-2-5-8(10)6-3-4-7-9(11)12/h8H,2-7H2,1H3,(H,11,12). The van der Waals surface area contributed by atoms with Crippen LogP contribution in [0.1, 0.15) is 45.4 Å². The number of unbranched alkanes of at least 4 members (excludes halogenated alkanes) is 1. The highest BCUT2D eigenvalue weighted by molar-refractivity contribution is 6.20. The molecule has 0 bridgehead atoms. The third-order valence-electron chi connectivity index (χ3n) is 1.76. The van der Waals surface area contributed by atoms with E-state index in [0.29, 0.717) is 0 Å². The summed E-state index contributed by atoms with van der Waals surface area (Å²) in [6.45, 7) is 2.10. The zero-order valence-electron chi connectivity index (χ0n) is 7.55. The Morgan fingerprint density at radius 3 is 2.58 bits per heavy atom. The molecule has 0 aromatic rings. The maximum absolute atomic E-state index is 10.1. The molecule has 2 nitrogen and oxygen atoms in total. The fourth-order valence-electron chi connectivity index (χ4n) is 1.10. The zero-order chi connectivity index (χ0) is 9.40. The van der Waals surface area contributed by atoms with Crippen LogP contribution in [0.5, 0.6) is 0 Å². The Bertz CT molecular complexity index is 126. The molecule has 0 heterocycles. The van der Waals surface area contributed by atoms with E-state index in [4.69, 9.17) is 16.7 Å². The first-order valence-electron chi connectivity index (χ1n) is 4.52. The first kappa shape index (κ1) is 11.8. The molecule has 12 heavy (non-hydrogen) atoms. The van der Waals surface area contributed by atoms with E-state index < -0.39 is 5.97 Å². The van der Waals surface area contributed by atoms with E-state index in [9.17, 15) is 4.79 Å². The van der Waals surface area contributed by atoms with E-state index in [1.165, 1.54) is 0 Å². The summed E-state index contributed by atoms with van der Waals surface area (Å²) >= 11 is 5.95. The molecule has 1 unspecified atom stereocenters. The number of rotatable bonds is 7. The Balaban J connectivity index is 3.13. The fourth-order valence-corrected chi connectivity index (χ4v) is 1.47. The van der Waals surface area contributed by atoms with Gasteiger partial charge in [-0.1, -0.05) is 19.8 Å². The minimum atomic E-state index is -0.711. The molecule has 0 aliphatic rings. The van der Waals surface area contributed by atoms with Gasteiger partial charge >= 0.3 is 5.97 Å². The number of hydrogen-bond donors (Lipinski definition) is 1. The smallest absolute Gasteiger partial charge is 0.303 e. The SMILES string of the molecule is CCCC(Cl)CCCCC(=O)O. The summed E-state index contributed by atoms with van der Waals surface area (Å²) in [5, 5.41) is 8.59. The van der Waals surface area contributed by atoms with E-state index in [0.717, 1.165) is 32.1 Å². The van der Waals surface area contributed by atoms with Gasteiger partial charge in [0.2, 0.25) is 0 Å². The van der Waals surface area contributed by atoms with Crippen LogP contribution in [0.2, 0.25) is 0 Å². The molecular formula is C9H17ClO2. The molecule has 3 heteroatoms. The van der Waals surface area contributed by atoms with Gasteiger partial charge in [0.1, 0.15) is 0 Å². The van der Waals surface area contributed by atoms with E-state index >= 15 is 0 Å². The summed E-state index contributed by atoms with van der Waals surface area (Å²) in [5.74, 6) is -0.711. The average Bonchev–Trinajstić information content (AvgIpc) is 1.98. The first-order chi connectivity index (χ1) is 5.66. The quantitative estimate of drug-likeness (QED) is 0.497. The van der Waals surface area contributed by atoms with Gasteiger partial charge in [-0.2, -0.15) is 0 Å². The number of carboxylic acids is 1. The lowest BCUT2D eigenvalue weighted by Crippen LogP contribution is -1.99. The normalized spacial score (nSPS) is 12.8. The molecule has 0 amide bonds. The summed E-state index contributed by atoms with van der Waals surface area (Å²) < 4.78 is 0. The van der Waals surface area contributed by atoms with Crippen LogP contribution < -0.4 is 0 Å². The van der Waals surface area contributed by atoms with Gasteiger partial charge in [-0.3, -0.25) is 4.79 Å². The van der Waals surface area contributed by atoms with Crippen LogP contribution in [0.25, 0.3) is 0 Å². The average molecular weight is 193 g/mol. The zero-order valence-corrected chi connectivity index (χ0v) is 8.31. The van der Waals surface area contributed by atoms with Crippen molar-refractivity contribution >= 4 is 17.6 Å². The van der Waals surface area contributed by atoms with Gasteiger partial charge < -0.3 is 5.11 Å². The monoisotopic (exact) mass is 192 g/mol. The third-order valence-corrected chi connectivity index (χ3v) is 2.20. The highest BCUT2D eigenvalue weighted by Crippen LogP contribution is 2.13. The number of halogens is 1. The Hall–Kier alpha value is -0.240. The molecule has 0 aromatic heterocycles. The molecule has 0 fully saturated rings. The van der Waals surface area contributed by atoms with Crippen LogP contribution in [0, 0.1) is 0 Å². The van der Waals surface area contributed by atoms with E-state index in [-0.39, 0.29) is 11.8 Å². The van der Waals surface area contributed by atoms with E-state index in [1.807, 2.05) is 0 Å². The van der Waals surface area contributed by atoms with E-state index in [1.54, 1.807) is 0 Å². The molecule has 1 N–H and O–H groups in total. The Morgan fingerprint density at radius 1 is 1.42 bits per heavy atom. The number of carboxylic acid groups (broad SMARTS) is 1. The summed E-state index contributed by atoms with van der Waals surface area (Å²) in [7, 11) is 0. The van der Waals surface area contributed by atoms with Crippen molar-refractivity contribution in [3.05, 3.63) is 0 Å². The molecule has 0 aliphatic carbocycles. The lowest BCUT2D eigenvalue weighted by molar-refractivity contribution is -0.137. The van der Waals surface area contributed by atoms with E-state index in [2.05, 4.69) is 6.92 Å². The fraction of sp³-hybridized carbons (Fsp3) is 0.889. The lowest BCUT2D eigenvalue weighted by Gasteiger charge is -2.05. The van der Waals surface area contributed by atoms with Gasteiger partial charge in [-0.15, -0.1) is 11.6 Å². The minimum Gasteiger partial charge on any atom is -0.481 e. The predicted molar refractivity (Wildman–Crippen MR) is 50.7 cm³/mol. The highest BCUT2D eigenvalue weighted by Gasteiger charge is 2.03. The maximum atomic E-state index is 10.1. The number of hydrogen-bond acceptors (Lipinski definition) is 1. The van der Waals surface area contributed by atoms with Crippen LogP contribution in [0.4, 0.5) is 0 Å². The summed E-state index contributed by atoms with van der Waals surface area (Å²) in [6, 6.07) is 0. The van der Waals surface area contributed by atoms with Gasteiger partial charge in [0, 0.05) is 11.8 Å². The molecule has 0 aliphatic heterocycles. The molecule has 72 valence electrons. The Morgan fingerprint density at radius 2 is 2.08 bits per heavy atom. The largest absolute Gasteiger partial charge is 0.481 e. The van der Waals surface area contributed by atoms with Gasteiger partial charge in [0.15, 0.2) is 0 Å². The van der Waals surface area contributed by atoms with Crippen LogP contribution >= 0.6 is 11.6 Å². The molecule has 1 atom stereocenters. The van der Waals surface area contributed by atoms with Crippen molar-refractivity contribution in [2.45, 2.75) is 50.8 Å². The van der Waals surface area contributed by atoms with Crippen molar-refractivity contribution in [3.8, 4) is 0 Å². The predicted octanol–water partition coefficient (Wildman–Crippen LogP) is 3.04. The number of carbonyl (C=O) groups is 1. The van der Waals surface area contributed by atoms with Crippen molar-refractivity contribution in [3.63, 3.8) is 0 Å². The number of alkyl halides is 1. The second-order valence-corrected chi connectivity index (χ2v) is 3.64. The van der Waals surface area contributed by atoms with Crippen molar-refractivity contribution < 1.29 is 9.90 Å². The molecule has 0 aromatic carbocycles. The molecule has 0 radical (unpaired) electrons. The van der Waals surface area contributed by atoms with Crippen molar-refractivity contribution in [2.24, 2.45) is 0 Å². The van der Waals surface area contributed by atoms with Crippen molar-refractivity contribution in [2.75, 3.05) is 0 Å². The van der Waals surface area contributed by atoms with Gasteiger partial charge in [0.25, 0.3) is 0 Å². The van der Waals surface area contributed by atoms with Crippen LogP contribution in [0.15, 0.2) is 0 Å². The Labute approximate surface area is 78.9 Å². The third kappa shape index (κ3) is 7.86. The Kier molecular flexibility index (Phi) is 7.26. The topological polar surface area (TPSA) is 37.3 Å². The summed E-state index contributed by atoms with van der Waals surface area (Å²) in [6.07, 6.45) is 5.04. The molecule has 0 saturated heterocycles. The summed E-state index contributed by atoms with van der Waals surface area (Å²) in [5.41, 5.74) is 0. The van der Waals surface area contributed by atoms with Crippen molar-refractivity contribution in [1.82, 2.24) is 0 Å². The summed E-state index contributed by atoms with van der Waals surface area (Å²) in [4.78, 5) is 10.1.